The van der Waals surface area contributed by atoms with Gasteiger partial charge < -0.3 is 10.4 Å². The first kappa shape index (κ1) is 15.2. The molecule has 0 saturated carbocycles. The number of amides is 1. The molecule has 0 unspecified atom stereocenters. The van der Waals surface area contributed by atoms with E-state index in [0.717, 1.165) is 22.5 Å². The molecule has 21 heavy (non-hydrogen) atoms. The van der Waals surface area contributed by atoms with Gasteiger partial charge in [-0.25, -0.2) is 4.98 Å². The second-order valence-corrected chi connectivity index (χ2v) is 5.38. The maximum Gasteiger partial charge on any atom is 0.267 e. The van der Waals surface area contributed by atoms with E-state index in [0.29, 0.717) is 11.3 Å². The average Bonchev–Trinajstić information content (AvgIpc) is 2.89. The Morgan fingerprint density at radius 1 is 1.43 bits per heavy atom. The second-order valence-electron chi connectivity index (χ2n) is 4.53. The van der Waals surface area contributed by atoms with Crippen LogP contribution in [0.3, 0.4) is 0 Å². The van der Waals surface area contributed by atoms with E-state index in [1.54, 1.807) is 5.51 Å². The van der Waals surface area contributed by atoms with Crippen LogP contribution in [0.5, 0.6) is 0 Å². The van der Waals surface area contributed by atoms with E-state index in [9.17, 15) is 4.79 Å². The Kier molecular flexibility index (Phi) is 5.09. The predicted molar refractivity (Wildman–Crippen MR) is 84.6 cm³/mol. The number of aromatic nitrogens is 1. The van der Waals surface area contributed by atoms with Crippen LogP contribution in [0.4, 0.5) is 5.69 Å². The molecule has 0 saturated heterocycles. The van der Waals surface area contributed by atoms with Crippen molar-refractivity contribution in [3.05, 3.63) is 45.4 Å². The molecule has 108 valence electrons. The highest BCUT2D eigenvalue weighted by Gasteiger charge is 2.12. The normalized spacial score (nSPS) is 9.86. The van der Waals surface area contributed by atoms with E-state index >= 15 is 0 Å². The fourth-order valence-corrected chi connectivity index (χ4v) is 2.45. The van der Waals surface area contributed by atoms with Crippen molar-refractivity contribution in [3.8, 4) is 11.8 Å². The van der Waals surface area contributed by atoms with Crippen LogP contribution in [0.15, 0.2) is 23.7 Å². The summed E-state index contributed by atoms with van der Waals surface area (Å²) in [5.41, 5.74) is 4.91. The minimum absolute atomic E-state index is 0.0487. The molecule has 1 aromatic heterocycles. The van der Waals surface area contributed by atoms with Crippen LogP contribution < -0.4 is 5.32 Å². The van der Waals surface area contributed by atoms with Crippen molar-refractivity contribution >= 4 is 22.9 Å². The number of hydrogen-bond acceptors (Lipinski definition) is 4. The number of benzene rings is 1. The van der Waals surface area contributed by atoms with Crippen LogP contribution in [0.25, 0.3) is 0 Å². The van der Waals surface area contributed by atoms with E-state index in [1.165, 1.54) is 11.3 Å². The molecule has 0 fully saturated rings. The van der Waals surface area contributed by atoms with E-state index < -0.39 is 0 Å². The molecular weight excluding hydrogens is 284 g/mol. The molecule has 0 atom stereocenters. The summed E-state index contributed by atoms with van der Waals surface area (Å²) in [5.74, 6) is 5.67. The van der Waals surface area contributed by atoms with Gasteiger partial charge in [0.25, 0.3) is 5.91 Å². The highest BCUT2D eigenvalue weighted by Crippen LogP contribution is 2.19. The molecule has 2 N–H and O–H groups in total. The van der Waals surface area contributed by atoms with Crippen LogP contribution >= 0.6 is 11.3 Å². The molecule has 0 aliphatic carbocycles. The smallest absolute Gasteiger partial charge is 0.267 e. The summed E-state index contributed by atoms with van der Waals surface area (Å²) in [5, 5.41) is 11.6. The standard InChI is InChI=1S/C16H16N2O2S/c1-11-6-7-13(5-3-4-8-19)9-14(11)18-16(20)15-12(2)17-10-21-15/h6-7,9-10,19H,4,8H2,1-2H3,(H,18,20). The zero-order valence-electron chi connectivity index (χ0n) is 11.9. The van der Waals surface area contributed by atoms with E-state index in [-0.39, 0.29) is 12.5 Å². The van der Waals surface area contributed by atoms with E-state index in [4.69, 9.17) is 5.11 Å². The third-order valence-electron chi connectivity index (χ3n) is 2.91. The maximum atomic E-state index is 12.2. The lowest BCUT2D eigenvalue weighted by Gasteiger charge is -2.08. The Bertz CT molecular complexity index is 711. The van der Waals surface area contributed by atoms with Crippen molar-refractivity contribution in [2.75, 3.05) is 11.9 Å². The lowest BCUT2D eigenvalue weighted by molar-refractivity contribution is 0.102. The molecule has 0 aliphatic heterocycles. The van der Waals surface area contributed by atoms with Crippen LogP contribution in [0.2, 0.25) is 0 Å². The number of aryl methyl sites for hydroxylation is 2. The van der Waals surface area contributed by atoms with Gasteiger partial charge in [-0.1, -0.05) is 17.9 Å². The summed E-state index contributed by atoms with van der Waals surface area (Å²) in [6.45, 7) is 3.79. The van der Waals surface area contributed by atoms with Crippen LogP contribution in [-0.4, -0.2) is 22.6 Å². The fraction of sp³-hybridized carbons (Fsp3) is 0.250. The van der Waals surface area contributed by atoms with Gasteiger partial charge in [-0.05, 0) is 31.5 Å². The van der Waals surface area contributed by atoms with Crippen molar-refractivity contribution in [1.29, 1.82) is 0 Å². The van der Waals surface area contributed by atoms with Gasteiger partial charge in [0, 0.05) is 17.7 Å². The summed E-state index contributed by atoms with van der Waals surface area (Å²) in [6.07, 6.45) is 0.440. The van der Waals surface area contributed by atoms with Crippen molar-refractivity contribution in [1.82, 2.24) is 4.98 Å². The molecular formula is C16H16N2O2S. The zero-order chi connectivity index (χ0) is 15.2. The number of anilines is 1. The van der Waals surface area contributed by atoms with Crippen molar-refractivity contribution in [3.63, 3.8) is 0 Å². The molecule has 0 bridgehead atoms. The maximum absolute atomic E-state index is 12.2. The summed E-state index contributed by atoms with van der Waals surface area (Å²) < 4.78 is 0. The number of aliphatic hydroxyl groups excluding tert-OH is 1. The zero-order valence-corrected chi connectivity index (χ0v) is 12.8. The number of thiazole rings is 1. The van der Waals surface area contributed by atoms with Gasteiger partial charge in [-0.15, -0.1) is 11.3 Å². The van der Waals surface area contributed by atoms with Crippen molar-refractivity contribution < 1.29 is 9.90 Å². The Morgan fingerprint density at radius 2 is 2.24 bits per heavy atom. The lowest BCUT2D eigenvalue weighted by Crippen LogP contribution is -2.12. The van der Waals surface area contributed by atoms with Gasteiger partial charge >= 0.3 is 0 Å². The van der Waals surface area contributed by atoms with Gasteiger partial charge in [0.15, 0.2) is 0 Å². The number of carbonyl (C=O) groups excluding carboxylic acids is 1. The number of nitrogens with one attached hydrogen (secondary N) is 1. The minimum atomic E-state index is -0.154. The summed E-state index contributed by atoms with van der Waals surface area (Å²) in [7, 11) is 0. The predicted octanol–water partition coefficient (Wildman–Crippen LogP) is 2.75. The summed E-state index contributed by atoms with van der Waals surface area (Å²) >= 11 is 1.32. The molecule has 0 radical (unpaired) electrons. The number of rotatable bonds is 3. The van der Waals surface area contributed by atoms with Crippen molar-refractivity contribution in [2.45, 2.75) is 20.3 Å². The first-order chi connectivity index (χ1) is 10.1. The number of aliphatic hydroxyl groups is 1. The van der Waals surface area contributed by atoms with Crippen LogP contribution in [0, 0.1) is 25.7 Å². The van der Waals surface area contributed by atoms with E-state index in [2.05, 4.69) is 22.1 Å². The largest absolute Gasteiger partial charge is 0.395 e. The van der Waals surface area contributed by atoms with Gasteiger partial charge in [0.05, 0.1) is 17.8 Å². The van der Waals surface area contributed by atoms with Crippen molar-refractivity contribution in [2.24, 2.45) is 0 Å². The molecule has 5 heteroatoms. The average molecular weight is 300 g/mol. The molecule has 1 amide bonds. The molecule has 1 aromatic carbocycles. The molecule has 2 rings (SSSR count). The molecule has 1 heterocycles. The Labute approximate surface area is 127 Å². The van der Waals surface area contributed by atoms with Gasteiger partial charge in [-0.2, -0.15) is 0 Å². The van der Waals surface area contributed by atoms with Crippen LogP contribution in [-0.2, 0) is 0 Å². The topological polar surface area (TPSA) is 62.2 Å². The summed E-state index contributed by atoms with van der Waals surface area (Å²) in [6, 6.07) is 5.65. The SMILES string of the molecule is Cc1ccc(C#CCCO)cc1NC(=O)c1scnc1C. The second kappa shape index (κ2) is 7.02. The fourth-order valence-electron chi connectivity index (χ4n) is 1.75. The first-order valence-electron chi connectivity index (χ1n) is 6.53. The minimum Gasteiger partial charge on any atom is -0.395 e. The summed E-state index contributed by atoms with van der Waals surface area (Å²) in [4.78, 5) is 16.9. The van der Waals surface area contributed by atoms with Crippen LogP contribution in [0.1, 0.15) is 32.9 Å². The Hall–Kier alpha value is -2.16. The third kappa shape index (κ3) is 3.91. The van der Waals surface area contributed by atoms with Gasteiger partial charge in [-0.3, -0.25) is 4.79 Å². The highest BCUT2D eigenvalue weighted by molar-refractivity contribution is 7.12. The Balaban J connectivity index is 2.20. The third-order valence-corrected chi connectivity index (χ3v) is 3.83. The number of carbonyl (C=O) groups is 1. The first-order valence-corrected chi connectivity index (χ1v) is 7.41. The number of nitrogens with zero attached hydrogens (tertiary/aromatic N) is 1. The monoisotopic (exact) mass is 300 g/mol. The molecule has 0 spiro atoms. The Morgan fingerprint density at radius 3 is 2.90 bits per heavy atom. The number of hydrogen-bond donors (Lipinski definition) is 2. The molecule has 2 aromatic rings. The van der Waals surface area contributed by atoms with Gasteiger partial charge in [0.1, 0.15) is 4.88 Å². The van der Waals surface area contributed by atoms with Gasteiger partial charge in [0.2, 0.25) is 0 Å². The lowest BCUT2D eigenvalue weighted by atomic mass is 10.1. The molecule has 4 nitrogen and oxygen atoms in total. The quantitative estimate of drug-likeness (QED) is 0.857. The van der Waals surface area contributed by atoms with E-state index in [1.807, 2.05) is 32.0 Å². The highest BCUT2D eigenvalue weighted by atomic mass is 32.1. The molecule has 0 aliphatic rings.